The average molecular weight is 314 g/mol. The molecule has 0 aromatic heterocycles. The van der Waals surface area contributed by atoms with Gasteiger partial charge in [0.2, 0.25) is 0 Å². The van der Waals surface area contributed by atoms with Gasteiger partial charge in [-0.3, -0.25) is 0 Å². The first-order valence-electron chi connectivity index (χ1n) is 7.67. The second kappa shape index (κ2) is 6.39. The van der Waals surface area contributed by atoms with Crippen LogP contribution in [0.3, 0.4) is 0 Å². The third-order valence-electron chi connectivity index (χ3n) is 4.04. The lowest BCUT2D eigenvalue weighted by molar-refractivity contribution is -0.396. The molecule has 2 aromatic carbocycles. The van der Waals surface area contributed by atoms with Crippen LogP contribution in [0.4, 0.5) is 0 Å². The number of benzene rings is 2. The molecular weight excluding hydrogens is 296 g/mol. The van der Waals surface area contributed by atoms with Gasteiger partial charge in [0.1, 0.15) is 12.2 Å². The van der Waals surface area contributed by atoms with Crippen LogP contribution >= 0.6 is 0 Å². The van der Waals surface area contributed by atoms with Crippen molar-refractivity contribution in [3.63, 3.8) is 0 Å². The van der Waals surface area contributed by atoms with Crippen molar-refractivity contribution in [2.75, 3.05) is 6.61 Å². The molecule has 2 aliphatic rings. The first-order valence-corrected chi connectivity index (χ1v) is 7.67. The minimum absolute atomic E-state index is 0.341. The van der Waals surface area contributed by atoms with E-state index in [2.05, 4.69) is 0 Å². The van der Waals surface area contributed by atoms with E-state index in [1.54, 1.807) is 0 Å². The fraction of sp³-hybridized carbons (Fsp3) is 0.333. The summed E-state index contributed by atoms with van der Waals surface area (Å²) in [5, 5.41) is 10.3. The molecule has 0 bridgehead atoms. The highest BCUT2D eigenvalue weighted by atomic mass is 16.8. The molecule has 5 heteroatoms. The molecule has 0 radical (unpaired) electrons. The molecule has 5 nitrogen and oxygen atoms in total. The second-order valence-electron chi connectivity index (χ2n) is 5.62. The summed E-state index contributed by atoms with van der Waals surface area (Å²) in [7, 11) is 0. The van der Waals surface area contributed by atoms with Crippen LogP contribution in [-0.4, -0.2) is 30.2 Å². The van der Waals surface area contributed by atoms with Crippen LogP contribution < -0.4 is 0 Å². The molecule has 0 amide bonds. The molecule has 5 unspecified atom stereocenters. The van der Waals surface area contributed by atoms with Gasteiger partial charge in [-0.1, -0.05) is 60.7 Å². The van der Waals surface area contributed by atoms with E-state index in [0.29, 0.717) is 6.61 Å². The maximum atomic E-state index is 10.3. The second-order valence-corrected chi connectivity index (χ2v) is 5.62. The van der Waals surface area contributed by atoms with Crippen LogP contribution in [-0.2, 0) is 18.9 Å². The molecule has 0 saturated carbocycles. The van der Waals surface area contributed by atoms with E-state index < -0.39 is 25.0 Å². The average Bonchev–Trinajstić information content (AvgIpc) is 2.63. The van der Waals surface area contributed by atoms with Crippen molar-refractivity contribution in [3.05, 3.63) is 71.8 Å². The maximum absolute atomic E-state index is 10.3. The highest BCUT2D eigenvalue weighted by Crippen LogP contribution is 2.36. The molecule has 2 heterocycles. The molecule has 2 fully saturated rings. The van der Waals surface area contributed by atoms with Gasteiger partial charge in [0.25, 0.3) is 0 Å². The van der Waals surface area contributed by atoms with Crippen molar-refractivity contribution < 1.29 is 24.1 Å². The summed E-state index contributed by atoms with van der Waals surface area (Å²) < 4.78 is 23.1. The fourth-order valence-corrected chi connectivity index (χ4v) is 2.86. The Morgan fingerprint density at radius 1 is 0.739 bits per heavy atom. The van der Waals surface area contributed by atoms with Crippen molar-refractivity contribution in [1.82, 2.24) is 0 Å². The highest BCUT2D eigenvalue weighted by Gasteiger charge is 2.44. The van der Waals surface area contributed by atoms with Gasteiger partial charge in [-0.05, 0) is 0 Å². The van der Waals surface area contributed by atoms with Crippen molar-refractivity contribution in [3.8, 4) is 0 Å². The lowest BCUT2D eigenvalue weighted by Crippen LogP contribution is -2.54. The lowest BCUT2D eigenvalue weighted by atomic mass is 10.1. The number of aliphatic hydroxyl groups is 1. The van der Waals surface area contributed by atoms with Crippen LogP contribution in [0.15, 0.2) is 60.7 Å². The van der Waals surface area contributed by atoms with E-state index >= 15 is 0 Å². The van der Waals surface area contributed by atoms with Crippen LogP contribution in [0.5, 0.6) is 0 Å². The molecule has 2 aliphatic heterocycles. The molecule has 23 heavy (non-hydrogen) atoms. The minimum atomic E-state index is -1.06. The minimum Gasteiger partial charge on any atom is -0.366 e. The lowest BCUT2D eigenvalue weighted by Gasteiger charge is -2.44. The summed E-state index contributed by atoms with van der Waals surface area (Å²) >= 11 is 0. The quantitative estimate of drug-likeness (QED) is 0.923. The van der Waals surface area contributed by atoms with Gasteiger partial charge in [-0.15, -0.1) is 0 Å². The van der Waals surface area contributed by atoms with E-state index in [1.807, 2.05) is 60.7 Å². The van der Waals surface area contributed by atoms with Gasteiger partial charge < -0.3 is 24.1 Å². The predicted molar refractivity (Wildman–Crippen MR) is 81.2 cm³/mol. The van der Waals surface area contributed by atoms with Crippen LogP contribution in [0, 0.1) is 0 Å². The van der Waals surface area contributed by atoms with Crippen LogP contribution in [0.2, 0.25) is 0 Å². The standard InChI is InChI=1S/C18H18O5/c19-16-15-14(21-18(23-16)13-9-5-2-6-10-13)11-20-17(22-15)12-7-3-1-4-8-12/h1-10,14-19H,11H2. The van der Waals surface area contributed by atoms with Crippen molar-refractivity contribution in [2.45, 2.75) is 31.1 Å². The number of rotatable bonds is 2. The van der Waals surface area contributed by atoms with E-state index in [9.17, 15) is 5.11 Å². The van der Waals surface area contributed by atoms with Crippen molar-refractivity contribution in [2.24, 2.45) is 0 Å². The third kappa shape index (κ3) is 3.02. The van der Waals surface area contributed by atoms with Crippen LogP contribution in [0.1, 0.15) is 23.7 Å². The Morgan fingerprint density at radius 3 is 2.00 bits per heavy atom. The summed E-state index contributed by atoms with van der Waals surface area (Å²) in [6.07, 6.45) is -3.15. The highest BCUT2D eigenvalue weighted by molar-refractivity contribution is 5.18. The molecule has 0 aliphatic carbocycles. The normalized spacial score (nSPS) is 33.9. The number of aliphatic hydroxyl groups excluding tert-OH is 1. The van der Waals surface area contributed by atoms with E-state index in [4.69, 9.17) is 18.9 Å². The molecule has 2 saturated heterocycles. The largest absolute Gasteiger partial charge is 0.366 e. The monoisotopic (exact) mass is 314 g/mol. The Morgan fingerprint density at radius 2 is 1.35 bits per heavy atom. The van der Waals surface area contributed by atoms with Crippen molar-refractivity contribution >= 4 is 0 Å². The van der Waals surface area contributed by atoms with Gasteiger partial charge >= 0.3 is 0 Å². The predicted octanol–water partition coefficient (Wildman–Crippen LogP) is 2.53. The first kappa shape index (κ1) is 14.8. The molecular formula is C18H18O5. The first-order chi connectivity index (χ1) is 11.3. The summed E-state index contributed by atoms with van der Waals surface area (Å²) in [6, 6.07) is 19.1. The third-order valence-corrected chi connectivity index (χ3v) is 4.04. The Kier molecular flexibility index (Phi) is 4.11. The Balaban J connectivity index is 1.48. The molecule has 4 rings (SSSR count). The summed E-state index contributed by atoms with van der Waals surface area (Å²) in [4.78, 5) is 0. The summed E-state index contributed by atoms with van der Waals surface area (Å²) in [5.74, 6) is 0. The van der Waals surface area contributed by atoms with Crippen molar-refractivity contribution in [1.29, 1.82) is 0 Å². The van der Waals surface area contributed by atoms with E-state index in [1.165, 1.54) is 0 Å². The zero-order valence-electron chi connectivity index (χ0n) is 12.4. The topological polar surface area (TPSA) is 57.2 Å². The summed E-state index contributed by atoms with van der Waals surface area (Å²) in [5.41, 5.74) is 1.76. The maximum Gasteiger partial charge on any atom is 0.187 e. The van der Waals surface area contributed by atoms with Gasteiger partial charge in [-0.2, -0.15) is 0 Å². The summed E-state index contributed by atoms with van der Waals surface area (Å²) in [6.45, 7) is 0.341. The molecule has 1 N–H and O–H groups in total. The molecule has 0 spiro atoms. The van der Waals surface area contributed by atoms with Gasteiger partial charge in [0, 0.05) is 11.1 Å². The zero-order chi connectivity index (χ0) is 15.6. The van der Waals surface area contributed by atoms with E-state index in [0.717, 1.165) is 11.1 Å². The molecule has 120 valence electrons. The van der Waals surface area contributed by atoms with Gasteiger partial charge in [0.05, 0.1) is 6.61 Å². The number of ether oxygens (including phenoxy) is 4. The Hall–Kier alpha value is -1.76. The number of hydrogen-bond donors (Lipinski definition) is 1. The molecule has 2 aromatic rings. The SMILES string of the molecule is OC1OC(c2ccccc2)OC2COC(c3ccccc3)OC12. The molecule has 5 atom stereocenters. The van der Waals surface area contributed by atoms with Gasteiger partial charge in [-0.25, -0.2) is 0 Å². The van der Waals surface area contributed by atoms with Gasteiger partial charge in [0.15, 0.2) is 18.9 Å². The van der Waals surface area contributed by atoms with Crippen LogP contribution in [0.25, 0.3) is 0 Å². The smallest absolute Gasteiger partial charge is 0.187 e. The fourth-order valence-electron chi connectivity index (χ4n) is 2.86. The van der Waals surface area contributed by atoms with E-state index in [-0.39, 0.29) is 6.10 Å². The Bertz CT molecular complexity index is 632. The number of hydrogen-bond acceptors (Lipinski definition) is 5. The number of fused-ring (bicyclic) bond motifs is 1. The zero-order valence-corrected chi connectivity index (χ0v) is 12.4. The Labute approximate surface area is 134 Å².